The average molecular weight is 253 g/mol. The zero-order chi connectivity index (χ0) is 13.8. The van der Waals surface area contributed by atoms with E-state index in [1.807, 2.05) is 0 Å². The van der Waals surface area contributed by atoms with E-state index in [-0.39, 0.29) is 0 Å². The first-order chi connectivity index (χ1) is 9.11. The molecule has 0 heterocycles. The van der Waals surface area contributed by atoms with Crippen molar-refractivity contribution in [3.8, 4) is 0 Å². The molecule has 0 bridgehead atoms. The lowest BCUT2D eigenvalue weighted by Crippen LogP contribution is -2.10. The Morgan fingerprint density at radius 3 is 2.16 bits per heavy atom. The van der Waals surface area contributed by atoms with Gasteiger partial charge in [-0.15, -0.1) is 0 Å². The minimum Gasteiger partial charge on any atom is -0.330 e. The fourth-order valence-corrected chi connectivity index (χ4v) is 2.60. The molecule has 1 nitrogen and oxygen atoms in total. The van der Waals surface area contributed by atoms with Crippen LogP contribution < -0.4 is 5.73 Å². The molecular formula is C18H23N. The van der Waals surface area contributed by atoms with Gasteiger partial charge < -0.3 is 5.73 Å². The third kappa shape index (κ3) is 3.24. The minimum atomic E-state index is 0.408. The Balaban J connectivity index is 2.44. The summed E-state index contributed by atoms with van der Waals surface area (Å²) in [6.07, 6.45) is 0.993. The predicted octanol–water partition coefficient (Wildman–Crippen LogP) is 4.09. The molecule has 0 fully saturated rings. The lowest BCUT2D eigenvalue weighted by molar-refractivity contribution is 0.721. The standard InChI is InChI=1S/C18H23N/c1-13-5-8-16(9-6-13)17(10-11-19)18-12-14(2)4-7-15(18)3/h4-9,12,17H,10-11,19H2,1-3H3. The van der Waals surface area contributed by atoms with Crippen LogP contribution in [0.25, 0.3) is 0 Å². The van der Waals surface area contributed by atoms with Gasteiger partial charge in [0.05, 0.1) is 0 Å². The summed E-state index contributed by atoms with van der Waals surface area (Å²) < 4.78 is 0. The van der Waals surface area contributed by atoms with Crippen LogP contribution >= 0.6 is 0 Å². The summed E-state index contributed by atoms with van der Waals surface area (Å²) in [6.45, 7) is 7.18. The average Bonchev–Trinajstić information content (AvgIpc) is 2.40. The summed E-state index contributed by atoms with van der Waals surface area (Å²) in [5, 5.41) is 0. The molecule has 0 saturated heterocycles. The van der Waals surface area contributed by atoms with Crippen molar-refractivity contribution >= 4 is 0 Å². The fraction of sp³-hybridized carbons (Fsp3) is 0.333. The van der Waals surface area contributed by atoms with E-state index in [0.29, 0.717) is 12.5 Å². The first-order valence-electron chi connectivity index (χ1n) is 6.95. The third-order valence-corrected chi connectivity index (χ3v) is 3.75. The van der Waals surface area contributed by atoms with Gasteiger partial charge in [-0.1, -0.05) is 53.6 Å². The molecule has 19 heavy (non-hydrogen) atoms. The Kier molecular flexibility index (Phi) is 4.39. The number of benzene rings is 2. The Bertz CT molecular complexity index is 540. The summed E-state index contributed by atoms with van der Waals surface area (Å²) in [4.78, 5) is 0. The van der Waals surface area contributed by atoms with Crippen molar-refractivity contribution in [1.82, 2.24) is 0 Å². The van der Waals surface area contributed by atoms with Crippen molar-refractivity contribution < 1.29 is 0 Å². The Morgan fingerprint density at radius 1 is 0.895 bits per heavy atom. The molecule has 0 aliphatic heterocycles. The molecule has 1 unspecified atom stereocenters. The number of aryl methyl sites for hydroxylation is 3. The fourth-order valence-electron chi connectivity index (χ4n) is 2.60. The van der Waals surface area contributed by atoms with Gasteiger partial charge in [0.15, 0.2) is 0 Å². The van der Waals surface area contributed by atoms with E-state index in [0.717, 1.165) is 6.42 Å². The monoisotopic (exact) mass is 253 g/mol. The van der Waals surface area contributed by atoms with Gasteiger partial charge in [-0.05, 0) is 50.4 Å². The lowest BCUT2D eigenvalue weighted by atomic mass is 9.85. The molecule has 100 valence electrons. The van der Waals surface area contributed by atoms with Gasteiger partial charge in [-0.25, -0.2) is 0 Å². The smallest absolute Gasteiger partial charge is 0.0104 e. The van der Waals surface area contributed by atoms with Gasteiger partial charge in [0, 0.05) is 5.92 Å². The number of hydrogen-bond donors (Lipinski definition) is 1. The summed E-state index contributed by atoms with van der Waals surface area (Å²) in [5.74, 6) is 0.408. The molecule has 1 atom stereocenters. The van der Waals surface area contributed by atoms with Crippen LogP contribution in [0.1, 0.15) is 40.2 Å². The zero-order valence-electron chi connectivity index (χ0n) is 12.1. The lowest BCUT2D eigenvalue weighted by Gasteiger charge is -2.20. The molecule has 2 N–H and O–H groups in total. The van der Waals surface area contributed by atoms with Crippen LogP contribution in [-0.4, -0.2) is 6.54 Å². The van der Waals surface area contributed by atoms with Gasteiger partial charge in [0.25, 0.3) is 0 Å². The van der Waals surface area contributed by atoms with E-state index in [4.69, 9.17) is 5.73 Å². The van der Waals surface area contributed by atoms with Crippen molar-refractivity contribution in [2.24, 2.45) is 5.73 Å². The normalized spacial score (nSPS) is 12.4. The van der Waals surface area contributed by atoms with Crippen LogP contribution in [0.15, 0.2) is 42.5 Å². The largest absolute Gasteiger partial charge is 0.330 e. The molecule has 0 aliphatic carbocycles. The molecule has 2 aromatic rings. The molecule has 0 saturated carbocycles. The maximum Gasteiger partial charge on any atom is 0.0104 e. The maximum absolute atomic E-state index is 5.82. The van der Waals surface area contributed by atoms with Crippen LogP contribution in [0, 0.1) is 20.8 Å². The highest BCUT2D eigenvalue weighted by atomic mass is 14.5. The molecule has 0 spiro atoms. The Labute approximate surface area is 116 Å². The molecule has 0 aromatic heterocycles. The molecule has 0 aliphatic rings. The Morgan fingerprint density at radius 2 is 1.53 bits per heavy atom. The summed E-state index contributed by atoms with van der Waals surface area (Å²) >= 11 is 0. The molecule has 2 aromatic carbocycles. The van der Waals surface area contributed by atoms with Gasteiger partial charge in [0.2, 0.25) is 0 Å². The topological polar surface area (TPSA) is 26.0 Å². The quantitative estimate of drug-likeness (QED) is 0.872. The molecule has 2 rings (SSSR count). The molecule has 0 amide bonds. The highest BCUT2D eigenvalue weighted by molar-refractivity contribution is 5.40. The Hall–Kier alpha value is -1.60. The summed E-state index contributed by atoms with van der Waals surface area (Å²) in [5.41, 5.74) is 12.6. The first kappa shape index (κ1) is 13.8. The van der Waals surface area contributed by atoms with E-state index in [2.05, 4.69) is 63.2 Å². The van der Waals surface area contributed by atoms with Gasteiger partial charge in [-0.3, -0.25) is 0 Å². The van der Waals surface area contributed by atoms with E-state index >= 15 is 0 Å². The minimum absolute atomic E-state index is 0.408. The predicted molar refractivity (Wildman–Crippen MR) is 82.6 cm³/mol. The second-order valence-corrected chi connectivity index (χ2v) is 5.40. The first-order valence-corrected chi connectivity index (χ1v) is 6.95. The molecule has 0 radical (unpaired) electrons. The van der Waals surface area contributed by atoms with Crippen LogP contribution in [0.5, 0.6) is 0 Å². The van der Waals surface area contributed by atoms with Crippen LogP contribution in [-0.2, 0) is 0 Å². The second kappa shape index (κ2) is 6.03. The van der Waals surface area contributed by atoms with Crippen molar-refractivity contribution in [3.63, 3.8) is 0 Å². The summed E-state index contributed by atoms with van der Waals surface area (Å²) in [7, 11) is 0. The molecular weight excluding hydrogens is 230 g/mol. The van der Waals surface area contributed by atoms with Crippen LogP contribution in [0.4, 0.5) is 0 Å². The summed E-state index contributed by atoms with van der Waals surface area (Å²) in [6, 6.07) is 15.5. The van der Waals surface area contributed by atoms with Crippen molar-refractivity contribution in [2.45, 2.75) is 33.1 Å². The maximum atomic E-state index is 5.82. The van der Waals surface area contributed by atoms with Gasteiger partial charge in [-0.2, -0.15) is 0 Å². The second-order valence-electron chi connectivity index (χ2n) is 5.40. The van der Waals surface area contributed by atoms with E-state index < -0.39 is 0 Å². The van der Waals surface area contributed by atoms with Gasteiger partial charge in [0.1, 0.15) is 0 Å². The van der Waals surface area contributed by atoms with Crippen molar-refractivity contribution in [2.75, 3.05) is 6.54 Å². The van der Waals surface area contributed by atoms with Crippen molar-refractivity contribution in [1.29, 1.82) is 0 Å². The van der Waals surface area contributed by atoms with E-state index in [1.54, 1.807) is 0 Å². The van der Waals surface area contributed by atoms with E-state index in [1.165, 1.54) is 27.8 Å². The SMILES string of the molecule is Cc1ccc(C(CCN)c2cc(C)ccc2C)cc1. The van der Waals surface area contributed by atoms with Crippen LogP contribution in [0.3, 0.4) is 0 Å². The molecule has 1 heteroatoms. The van der Waals surface area contributed by atoms with Gasteiger partial charge >= 0.3 is 0 Å². The number of nitrogens with two attached hydrogens (primary N) is 1. The third-order valence-electron chi connectivity index (χ3n) is 3.75. The van der Waals surface area contributed by atoms with Crippen molar-refractivity contribution in [3.05, 3.63) is 70.3 Å². The highest BCUT2D eigenvalue weighted by Gasteiger charge is 2.15. The van der Waals surface area contributed by atoms with E-state index in [9.17, 15) is 0 Å². The zero-order valence-corrected chi connectivity index (χ0v) is 12.1. The number of rotatable bonds is 4. The van der Waals surface area contributed by atoms with Crippen LogP contribution in [0.2, 0.25) is 0 Å². The highest BCUT2D eigenvalue weighted by Crippen LogP contribution is 2.30. The number of hydrogen-bond acceptors (Lipinski definition) is 1.